The van der Waals surface area contributed by atoms with Crippen LogP contribution in [0.1, 0.15) is 142 Å². The number of allylic oxidation sites excluding steroid dienone is 8. The molecule has 48 heavy (non-hydrogen) atoms. The highest BCUT2D eigenvalue weighted by Gasteiger charge is 2.24. The lowest BCUT2D eigenvalue weighted by Gasteiger charge is -2.30. The van der Waals surface area contributed by atoms with E-state index >= 15 is 0 Å². The molecule has 0 rings (SSSR count). The highest BCUT2D eigenvalue weighted by molar-refractivity contribution is 7.45. The quantitative estimate of drug-likeness (QED) is 0.0307. The Balaban J connectivity index is 4.01. The number of phosphoric acid groups is 1. The summed E-state index contributed by atoms with van der Waals surface area (Å²) in [5.74, 6) is -0.185. The Morgan fingerprint density at radius 1 is 0.750 bits per heavy atom. The number of aliphatic hydroxyl groups excluding tert-OH is 1. The number of nitrogens with one attached hydrogen (secondary N) is 1. The third-order valence-electron chi connectivity index (χ3n) is 8.08. The summed E-state index contributed by atoms with van der Waals surface area (Å²) < 4.78 is 22.9. The van der Waals surface area contributed by atoms with E-state index in [4.69, 9.17) is 9.05 Å². The number of carbonyl (C=O) groups excluding carboxylic acids is 1. The van der Waals surface area contributed by atoms with Gasteiger partial charge < -0.3 is 28.8 Å². The maximum Gasteiger partial charge on any atom is 0.268 e. The fourth-order valence-corrected chi connectivity index (χ4v) is 5.75. The molecule has 0 aliphatic rings. The molecule has 0 aliphatic heterocycles. The molecular weight excluding hydrogens is 623 g/mol. The summed E-state index contributed by atoms with van der Waals surface area (Å²) in [5, 5.41) is 13.5. The highest BCUT2D eigenvalue weighted by Crippen LogP contribution is 2.38. The first kappa shape index (κ1) is 46.5. The van der Waals surface area contributed by atoms with Gasteiger partial charge in [0.25, 0.3) is 7.82 Å². The van der Waals surface area contributed by atoms with Crippen LogP contribution in [-0.4, -0.2) is 68.5 Å². The van der Waals surface area contributed by atoms with Gasteiger partial charge in [0.2, 0.25) is 5.91 Å². The Hall–Kier alpha value is -1.54. The monoisotopic (exact) mass is 697 g/mol. The number of nitrogens with zero attached hydrogens (tertiary/aromatic N) is 1. The molecule has 0 saturated carbocycles. The summed E-state index contributed by atoms with van der Waals surface area (Å²) >= 11 is 0. The summed E-state index contributed by atoms with van der Waals surface area (Å²) in [7, 11) is 1.28. The van der Waals surface area contributed by atoms with E-state index in [2.05, 4.69) is 67.8 Å². The van der Waals surface area contributed by atoms with E-state index in [1.807, 2.05) is 21.1 Å². The predicted molar refractivity (Wildman–Crippen MR) is 201 cm³/mol. The zero-order valence-electron chi connectivity index (χ0n) is 31.4. The first-order valence-corrected chi connectivity index (χ1v) is 20.4. The lowest BCUT2D eigenvalue weighted by Crippen LogP contribution is -2.46. The van der Waals surface area contributed by atoms with Crippen molar-refractivity contribution in [1.29, 1.82) is 0 Å². The molecule has 0 radical (unpaired) electrons. The summed E-state index contributed by atoms with van der Waals surface area (Å²) in [5.41, 5.74) is 0. The molecule has 0 aromatic heterocycles. The van der Waals surface area contributed by atoms with Gasteiger partial charge in [0.05, 0.1) is 39.9 Å². The van der Waals surface area contributed by atoms with Gasteiger partial charge in [-0.15, -0.1) is 0 Å². The molecule has 3 unspecified atom stereocenters. The molecule has 0 spiro atoms. The van der Waals surface area contributed by atoms with E-state index in [0.29, 0.717) is 23.9 Å². The number of likely N-dealkylation sites (N-methyl/N-ethyl adjacent to an activating group) is 1. The van der Waals surface area contributed by atoms with Gasteiger partial charge in [-0.1, -0.05) is 133 Å². The van der Waals surface area contributed by atoms with E-state index in [9.17, 15) is 19.4 Å². The summed E-state index contributed by atoms with van der Waals surface area (Å²) in [6.07, 6.45) is 37.7. The lowest BCUT2D eigenvalue weighted by molar-refractivity contribution is -0.870. The third-order valence-corrected chi connectivity index (χ3v) is 9.05. The molecule has 3 atom stereocenters. The van der Waals surface area contributed by atoms with Gasteiger partial charge in [-0.05, 0) is 51.4 Å². The molecule has 8 nitrogen and oxygen atoms in total. The van der Waals surface area contributed by atoms with Crippen LogP contribution in [-0.2, 0) is 18.4 Å². The number of hydrogen-bond acceptors (Lipinski definition) is 6. The van der Waals surface area contributed by atoms with Crippen LogP contribution in [0.5, 0.6) is 0 Å². The van der Waals surface area contributed by atoms with Crippen LogP contribution in [0.15, 0.2) is 48.6 Å². The summed E-state index contributed by atoms with van der Waals surface area (Å²) in [6.45, 7) is 4.40. The number of aliphatic hydroxyl groups is 1. The van der Waals surface area contributed by atoms with Crippen molar-refractivity contribution in [2.45, 2.75) is 154 Å². The van der Waals surface area contributed by atoms with Gasteiger partial charge in [-0.2, -0.15) is 0 Å². The zero-order valence-corrected chi connectivity index (χ0v) is 32.3. The van der Waals surface area contributed by atoms with Gasteiger partial charge in [0, 0.05) is 6.42 Å². The largest absolute Gasteiger partial charge is 0.756 e. The number of phosphoric ester groups is 1. The van der Waals surface area contributed by atoms with Gasteiger partial charge in [-0.25, -0.2) is 0 Å². The van der Waals surface area contributed by atoms with Crippen molar-refractivity contribution in [3.63, 3.8) is 0 Å². The van der Waals surface area contributed by atoms with Gasteiger partial charge in [0.1, 0.15) is 13.2 Å². The molecular formula is C39H73N2O6P. The molecule has 0 aromatic rings. The molecule has 0 aromatic carbocycles. The Bertz CT molecular complexity index is 928. The minimum atomic E-state index is -4.54. The van der Waals surface area contributed by atoms with Crippen molar-refractivity contribution < 1.29 is 32.9 Å². The van der Waals surface area contributed by atoms with Crippen LogP contribution in [0.25, 0.3) is 0 Å². The van der Waals surface area contributed by atoms with Gasteiger partial charge >= 0.3 is 0 Å². The Labute approximate surface area is 295 Å². The second-order valence-electron chi connectivity index (χ2n) is 13.9. The molecule has 2 N–H and O–H groups in total. The number of amides is 1. The Morgan fingerprint density at radius 2 is 1.27 bits per heavy atom. The molecule has 1 amide bonds. The number of unbranched alkanes of at least 4 members (excludes halogenated alkanes) is 12. The zero-order chi connectivity index (χ0) is 35.8. The highest BCUT2D eigenvalue weighted by atomic mass is 31.2. The van der Waals surface area contributed by atoms with E-state index in [0.717, 1.165) is 64.2 Å². The van der Waals surface area contributed by atoms with E-state index in [-0.39, 0.29) is 19.1 Å². The second kappa shape index (κ2) is 31.4. The average Bonchev–Trinajstić information content (AvgIpc) is 3.02. The topological polar surface area (TPSA) is 108 Å². The van der Waals surface area contributed by atoms with E-state index in [1.54, 1.807) is 0 Å². The first-order valence-electron chi connectivity index (χ1n) is 19.0. The summed E-state index contributed by atoms with van der Waals surface area (Å²) in [6, 6.07) is -0.799. The van der Waals surface area contributed by atoms with Crippen LogP contribution in [0, 0.1) is 0 Å². The van der Waals surface area contributed by atoms with Crippen LogP contribution in [0.2, 0.25) is 0 Å². The fraction of sp³-hybridized carbons (Fsp3) is 0.769. The van der Waals surface area contributed by atoms with Crippen LogP contribution < -0.4 is 10.2 Å². The smallest absolute Gasteiger partial charge is 0.268 e. The predicted octanol–water partition coefficient (Wildman–Crippen LogP) is 9.11. The molecule has 9 heteroatoms. The van der Waals surface area contributed by atoms with Crippen LogP contribution in [0.4, 0.5) is 0 Å². The molecule has 0 aliphatic carbocycles. The minimum Gasteiger partial charge on any atom is -0.756 e. The summed E-state index contributed by atoms with van der Waals surface area (Å²) in [4.78, 5) is 24.9. The van der Waals surface area contributed by atoms with Gasteiger partial charge in [-0.3, -0.25) is 9.36 Å². The second-order valence-corrected chi connectivity index (χ2v) is 15.3. The van der Waals surface area contributed by atoms with Crippen molar-refractivity contribution in [3.05, 3.63) is 48.6 Å². The number of quaternary nitrogens is 1. The fourth-order valence-electron chi connectivity index (χ4n) is 5.03. The molecule has 0 fully saturated rings. The van der Waals surface area contributed by atoms with Gasteiger partial charge in [0.15, 0.2) is 0 Å². The molecule has 0 saturated heterocycles. The number of carbonyl (C=O) groups is 1. The molecule has 280 valence electrons. The van der Waals surface area contributed by atoms with Crippen molar-refractivity contribution in [1.82, 2.24) is 5.32 Å². The number of rotatable bonds is 33. The van der Waals surface area contributed by atoms with Crippen molar-refractivity contribution >= 4 is 13.7 Å². The van der Waals surface area contributed by atoms with Crippen molar-refractivity contribution in [2.24, 2.45) is 0 Å². The maximum atomic E-state index is 12.6. The van der Waals surface area contributed by atoms with Crippen LogP contribution >= 0.6 is 7.82 Å². The van der Waals surface area contributed by atoms with Crippen molar-refractivity contribution in [3.8, 4) is 0 Å². The normalized spacial score (nSPS) is 15.2. The van der Waals surface area contributed by atoms with E-state index < -0.39 is 20.0 Å². The first-order chi connectivity index (χ1) is 23.0. The number of hydrogen-bond donors (Lipinski definition) is 2. The third kappa shape index (κ3) is 33.0. The maximum absolute atomic E-state index is 12.6. The van der Waals surface area contributed by atoms with Crippen LogP contribution in [0.3, 0.4) is 0 Å². The van der Waals surface area contributed by atoms with Crippen molar-refractivity contribution in [2.75, 3.05) is 40.9 Å². The SMILES string of the molecule is CC/C=C\C/C=C\C/C=C\C/C=C\CCCCCCCCCCCCC(=O)NC(COP(=O)([O-])OCC[N+](C)(C)C)C(O)CCCCC. The lowest BCUT2D eigenvalue weighted by atomic mass is 10.0. The Morgan fingerprint density at radius 3 is 1.81 bits per heavy atom. The molecule has 0 heterocycles. The standard InChI is InChI=1S/C39H73N2O6P/c1-6-8-10-11-12-13-14-15-16-17-18-19-20-21-22-23-24-25-26-27-28-29-31-33-39(43)40-37(38(42)32-30-9-7-2)36-47-48(44,45)46-35-34-41(3,4)5/h8,10,12-13,15-16,18-19,37-38,42H,6-7,9,11,14,17,20-36H2,1-5H3,(H-,40,43,44,45)/b10-8-,13-12-,16-15-,19-18-. The average molecular weight is 697 g/mol. The minimum absolute atomic E-state index is 0.00755. The molecule has 0 bridgehead atoms. The Kier molecular flexibility index (Phi) is 30.4. The van der Waals surface area contributed by atoms with E-state index in [1.165, 1.54) is 51.4 Å².